The summed E-state index contributed by atoms with van der Waals surface area (Å²) in [6.07, 6.45) is 4.33. The van der Waals surface area contributed by atoms with Crippen molar-refractivity contribution in [3.63, 3.8) is 0 Å². The molecule has 0 spiro atoms. The van der Waals surface area contributed by atoms with E-state index in [4.69, 9.17) is 0 Å². The minimum absolute atomic E-state index is 0.0610. The Bertz CT molecular complexity index is 882. The van der Waals surface area contributed by atoms with E-state index in [0.29, 0.717) is 6.42 Å². The van der Waals surface area contributed by atoms with E-state index < -0.39 is 5.54 Å². The average molecular weight is 354 g/mol. The van der Waals surface area contributed by atoms with E-state index in [-0.39, 0.29) is 6.61 Å². The highest BCUT2D eigenvalue weighted by molar-refractivity contribution is 5.51. The molecule has 0 fully saturated rings. The van der Waals surface area contributed by atoms with Crippen molar-refractivity contribution in [2.75, 3.05) is 6.61 Å². The van der Waals surface area contributed by atoms with Gasteiger partial charge in [-0.3, -0.25) is 0 Å². The summed E-state index contributed by atoms with van der Waals surface area (Å²) in [6, 6.07) is 31.4. The first kappa shape index (κ1) is 17.3. The maximum Gasteiger partial charge on any atom is 0.121 e. The molecule has 0 aliphatic rings. The van der Waals surface area contributed by atoms with Crippen LogP contribution >= 0.6 is 0 Å². The van der Waals surface area contributed by atoms with E-state index in [1.54, 1.807) is 0 Å². The van der Waals surface area contributed by atoms with Crippen LogP contribution < -0.4 is 0 Å². The molecule has 0 aliphatic carbocycles. The summed E-state index contributed by atoms with van der Waals surface area (Å²) in [7, 11) is 0. The Balaban J connectivity index is 2.12. The molecule has 0 unspecified atom stereocenters. The fourth-order valence-electron chi connectivity index (χ4n) is 3.88. The van der Waals surface area contributed by atoms with E-state index in [1.165, 1.54) is 0 Å². The van der Waals surface area contributed by atoms with Crippen molar-refractivity contribution >= 4 is 0 Å². The molecular weight excluding hydrogens is 332 g/mol. The predicted molar refractivity (Wildman–Crippen MR) is 108 cm³/mol. The van der Waals surface area contributed by atoms with Crippen LogP contribution in [-0.2, 0) is 12.0 Å². The summed E-state index contributed by atoms with van der Waals surface area (Å²) < 4.78 is 2.20. The number of aliphatic hydroxyl groups excluding tert-OH is 1. The zero-order chi connectivity index (χ0) is 18.5. The van der Waals surface area contributed by atoms with Gasteiger partial charge in [0.2, 0.25) is 0 Å². The van der Waals surface area contributed by atoms with Crippen LogP contribution in [0.5, 0.6) is 0 Å². The minimum atomic E-state index is -0.565. The Kier molecular flexibility index (Phi) is 4.86. The molecule has 0 bridgehead atoms. The first-order valence-corrected chi connectivity index (χ1v) is 9.17. The molecular formula is C24H22N2O. The number of benzene rings is 3. The lowest BCUT2D eigenvalue weighted by Gasteiger charge is -2.38. The molecule has 0 amide bonds. The van der Waals surface area contributed by atoms with Crippen LogP contribution in [0.15, 0.2) is 103 Å². The molecule has 1 heterocycles. The van der Waals surface area contributed by atoms with Gasteiger partial charge in [0, 0.05) is 18.8 Å². The maximum atomic E-state index is 9.59. The van der Waals surface area contributed by atoms with Crippen molar-refractivity contribution in [3.8, 4) is 0 Å². The topological polar surface area (TPSA) is 38.1 Å². The standard InChI is InChI=1S/C24H22N2O/c27-19-16-23-25-17-18-26(23)24(20-10-4-1-5-11-20,21-12-6-2-7-13-21)22-14-8-3-9-15-22/h1-15,17-18,27H,16,19H2. The van der Waals surface area contributed by atoms with E-state index in [1.807, 2.05) is 30.6 Å². The molecule has 0 aliphatic heterocycles. The summed E-state index contributed by atoms with van der Waals surface area (Å²) in [5, 5.41) is 9.59. The molecule has 134 valence electrons. The van der Waals surface area contributed by atoms with Crippen molar-refractivity contribution in [1.29, 1.82) is 0 Å². The lowest BCUT2D eigenvalue weighted by Crippen LogP contribution is -2.38. The van der Waals surface area contributed by atoms with E-state index >= 15 is 0 Å². The van der Waals surface area contributed by atoms with Crippen molar-refractivity contribution in [2.45, 2.75) is 12.0 Å². The number of hydrogen-bond donors (Lipinski definition) is 1. The van der Waals surface area contributed by atoms with Crippen LogP contribution in [0.2, 0.25) is 0 Å². The highest BCUT2D eigenvalue weighted by atomic mass is 16.3. The molecule has 4 aromatic rings. The molecule has 1 aromatic heterocycles. The van der Waals surface area contributed by atoms with E-state index in [2.05, 4.69) is 82.3 Å². The first-order valence-electron chi connectivity index (χ1n) is 9.17. The molecule has 0 radical (unpaired) electrons. The number of aliphatic hydroxyl groups is 1. The van der Waals surface area contributed by atoms with Crippen molar-refractivity contribution in [2.24, 2.45) is 0 Å². The second kappa shape index (κ2) is 7.60. The summed E-state index contributed by atoms with van der Waals surface area (Å²) in [5.41, 5.74) is 2.89. The van der Waals surface area contributed by atoms with Crippen LogP contribution in [0.4, 0.5) is 0 Å². The third-order valence-electron chi connectivity index (χ3n) is 4.99. The molecule has 4 rings (SSSR count). The van der Waals surface area contributed by atoms with Gasteiger partial charge in [-0.05, 0) is 16.7 Å². The van der Waals surface area contributed by atoms with Crippen LogP contribution in [-0.4, -0.2) is 21.3 Å². The Labute approximate surface area is 159 Å². The smallest absolute Gasteiger partial charge is 0.121 e. The van der Waals surface area contributed by atoms with Gasteiger partial charge in [0.1, 0.15) is 11.4 Å². The van der Waals surface area contributed by atoms with Gasteiger partial charge in [-0.2, -0.15) is 0 Å². The Hall–Kier alpha value is -3.17. The molecule has 0 saturated heterocycles. The molecule has 0 saturated carbocycles. The zero-order valence-corrected chi connectivity index (χ0v) is 15.1. The van der Waals surface area contributed by atoms with Gasteiger partial charge < -0.3 is 9.67 Å². The van der Waals surface area contributed by atoms with Gasteiger partial charge in [-0.15, -0.1) is 0 Å². The van der Waals surface area contributed by atoms with E-state index in [0.717, 1.165) is 22.5 Å². The van der Waals surface area contributed by atoms with Crippen molar-refractivity contribution < 1.29 is 5.11 Å². The fraction of sp³-hybridized carbons (Fsp3) is 0.125. The third kappa shape index (κ3) is 2.96. The summed E-state index contributed by atoms with van der Waals surface area (Å²) >= 11 is 0. The number of hydrogen-bond acceptors (Lipinski definition) is 2. The zero-order valence-electron chi connectivity index (χ0n) is 15.1. The van der Waals surface area contributed by atoms with Crippen molar-refractivity contribution in [3.05, 3.63) is 126 Å². The lowest BCUT2D eigenvalue weighted by molar-refractivity contribution is 0.292. The molecule has 3 nitrogen and oxygen atoms in total. The van der Waals surface area contributed by atoms with Crippen LogP contribution in [0.1, 0.15) is 22.5 Å². The fourth-order valence-corrected chi connectivity index (χ4v) is 3.88. The number of rotatable bonds is 6. The third-order valence-corrected chi connectivity index (χ3v) is 4.99. The molecule has 3 heteroatoms. The SMILES string of the molecule is OCCc1nccn1C(c1ccccc1)(c1ccccc1)c1ccccc1. The van der Waals surface area contributed by atoms with E-state index in [9.17, 15) is 5.11 Å². The Morgan fingerprint density at radius 2 is 1.15 bits per heavy atom. The predicted octanol–water partition coefficient (Wildman–Crippen LogP) is 4.26. The van der Waals surface area contributed by atoms with Crippen LogP contribution in [0, 0.1) is 0 Å². The number of nitrogens with zero attached hydrogens (tertiary/aromatic N) is 2. The van der Waals surface area contributed by atoms with Gasteiger partial charge in [-0.25, -0.2) is 4.98 Å². The molecule has 3 aromatic carbocycles. The Morgan fingerprint density at radius 3 is 1.56 bits per heavy atom. The number of imidazole rings is 1. The van der Waals surface area contributed by atoms with Gasteiger partial charge in [0.25, 0.3) is 0 Å². The van der Waals surface area contributed by atoms with Gasteiger partial charge in [0.15, 0.2) is 0 Å². The summed E-state index contributed by atoms with van der Waals surface area (Å²) in [4.78, 5) is 4.55. The normalized spacial score (nSPS) is 11.4. The monoisotopic (exact) mass is 354 g/mol. The second-order valence-electron chi connectivity index (χ2n) is 6.50. The van der Waals surface area contributed by atoms with Crippen LogP contribution in [0.3, 0.4) is 0 Å². The average Bonchev–Trinajstić information content (AvgIpc) is 3.20. The summed E-state index contributed by atoms with van der Waals surface area (Å²) in [5.74, 6) is 0.856. The largest absolute Gasteiger partial charge is 0.396 e. The summed E-state index contributed by atoms with van der Waals surface area (Å²) in [6.45, 7) is 0.0610. The van der Waals surface area contributed by atoms with Gasteiger partial charge >= 0.3 is 0 Å². The highest BCUT2D eigenvalue weighted by Gasteiger charge is 2.39. The lowest BCUT2D eigenvalue weighted by atomic mass is 9.76. The first-order chi connectivity index (χ1) is 13.4. The van der Waals surface area contributed by atoms with Gasteiger partial charge in [0.05, 0.1) is 6.61 Å². The molecule has 0 atom stereocenters. The maximum absolute atomic E-state index is 9.59. The van der Waals surface area contributed by atoms with Crippen LogP contribution in [0.25, 0.3) is 0 Å². The Morgan fingerprint density at radius 1 is 0.704 bits per heavy atom. The number of aromatic nitrogens is 2. The minimum Gasteiger partial charge on any atom is -0.396 e. The highest BCUT2D eigenvalue weighted by Crippen LogP contribution is 2.41. The van der Waals surface area contributed by atoms with Crippen molar-refractivity contribution in [1.82, 2.24) is 9.55 Å². The quantitative estimate of drug-likeness (QED) is 0.526. The molecule has 27 heavy (non-hydrogen) atoms. The van der Waals surface area contributed by atoms with Gasteiger partial charge in [-0.1, -0.05) is 91.0 Å². The molecule has 1 N–H and O–H groups in total. The second-order valence-corrected chi connectivity index (χ2v) is 6.50.